The van der Waals surface area contributed by atoms with E-state index in [1.54, 1.807) is 0 Å². The van der Waals surface area contributed by atoms with Crippen LogP contribution in [0.5, 0.6) is 0 Å². The number of amides is 2. The van der Waals surface area contributed by atoms with Crippen LogP contribution < -0.4 is 10.6 Å². The summed E-state index contributed by atoms with van der Waals surface area (Å²) in [6, 6.07) is 0.162. The van der Waals surface area contributed by atoms with Gasteiger partial charge in [0.05, 0.1) is 0 Å². The summed E-state index contributed by atoms with van der Waals surface area (Å²) >= 11 is 0. The van der Waals surface area contributed by atoms with Crippen molar-refractivity contribution in [2.24, 2.45) is 11.8 Å². The first-order valence-corrected chi connectivity index (χ1v) is 10.4. The molecule has 3 aliphatic rings. The molecule has 3 N–H and O–H groups in total. The average molecular weight is 364 g/mol. The number of rotatable bonds is 5. The van der Waals surface area contributed by atoms with Crippen molar-refractivity contribution >= 4 is 17.8 Å². The second-order valence-corrected chi connectivity index (χ2v) is 8.48. The van der Waals surface area contributed by atoms with E-state index in [0.717, 1.165) is 70.6 Å². The average Bonchev–Trinajstić information content (AvgIpc) is 3.18. The molecule has 2 amide bonds. The third-order valence-electron chi connectivity index (χ3n) is 6.65. The molecule has 3 saturated carbocycles. The fraction of sp³-hybridized carbons (Fsp3) is 0.850. The summed E-state index contributed by atoms with van der Waals surface area (Å²) in [5.74, 6) is -0.786. The molecule has 26 heavy (non-hydrogen) atoms. The molecule has 0 saturated heterocycles. The number of carboxylic acids is 1. The molecule has 0 heterocycles. The van der Waals surface area contributed by atoms with Gasteiger partial charge in [0.2, 0.25) is 11.8 Å². The van der Waals surface area contributed by atoms with Crippen molar-refractivity contribution in [2.45, 2.75) is 95.1 Å². The zero-order valence-corrected chi connectivity index (χ0v) is 15.6. The minimum Gasteiger partial charge on any atom is -0.480 e. The lowest BCUT2D eigenvalue weighted by Crippen LogP contribution is -2.57. The van der Waals surface area contributed by atoms with E-state index >= 15 is 0 Å². The minimum absolute atomic E-state index is 0.116. The van der Waals surface area contributed by atoms with Crippen LogP contribution in [0.4, 0.5) is 0 Å². The first kappa shape index (κ1) is 19.2. The van der Waals surface area contributed by atoms with Crippen molar-refractivity contribution in [3.05, 3.63) is 0 Å². The van der Waals surface area contributed by atoms with E-state index in [4.69, 9.17) is 0 Å². The number of carbonyl (C=O) groups excluding carboxylic acids is 2. The van der Waals surface area contributed by atoms with Crippen LogP contribution in [0.1, 0.15) is 83.5 Å². The van der Waals surface area contributed by atoms with Crippen molar-refractivity contribution in [3.8, 4) is 0 Å². The Morgan fingerprint density at radius 3 is 1.88 bits per heavy atom. The molecular weight excluding hydrogens is 332 g/mol. The number of aliphatic carboxylic acids is 1. The van der Waals surface area contributed by atoms with Crippen LogP contribution in [0, 0.1) is 11.8 Å². The molecular formula is C20H32N2O4. The Morgan fingerprint density at radius 1 is 0.731 bits per heavy atom. The fourth-order valence-electron chi connectivity index (χ4n) is 4.89. The summed E-state index contributed by atoms with van der Waals surface area (Å²) in [6.07, 6.45) is 11.1. The quantitative estimate of drug-likeness (QED) is 0.699. The number of hydrogen-bond donors (Lipinski definition) is 3. The predicted octanol–water partition coefficient (Wildman–Crippen LogP) is 2.76. The van der Waals surface area contributed by atoms with Gasteiger partial charge in [-0.2, -0.15) is 0 Å². The van der Waals surface area contributed by atoms with Gasteiger partial charge in [-0.3, -0.25) is 9.59 Å². The van der Waals surface area contributed by atoms with Gasteiger partial charge in [0.25, 0.3) is 0 Å². The SMILES string of the molecule is O=C(NC1CCC(C(=O)NC2(C(=O)O)CCCCC2)CC1)C1CCCC1. The summed E-state index contributed by atoms with van der Waals surface area (Å²) in [4.78, 5) is 36.6. The Morgan fingerprint density at radius 2 is 1.31 bits per heavy atom. The topological polar surface area (TPSA) is 95.5 Å². The summed E-state index contributed by atoms with van der Waals surface area (Å²) in [7, 11) is 0. The van der Waals surface area contributed by atoms with Crippen LogP contribution >= 0.6 is 0 Å². The number of nitrogens with one attached hydrogen (secondary N) is 2. The van der Waals surface area contributed by atoms with E-state index in [0.29, 0.717) is 12.8 Å². The van der Waals surface area contributed by atoms with E-state index in [2.05, 4.69) is 10.6 Å². The summed E-state index contributed by atoms with van der Waals surface area (Å²) < 4.78 is 0. The van der Waals surface area contributed by atoms with Gasteiger partial charge in [0.15, 0.2) is 0 Å². The maximum atomic E-state index is 12.7. The van der Waals surface area contributed by atoms with Gasteiger partial charge in [-0.15, -0.1) is 0 Å². The molecule has 6 heteroatoms. The van der Waals surface area contributed by atoms with E-state index in [9.17, 15) is 19.5 Å². The maximum Gasteiger partial charge on any atom is 0.329 e. The van der Waals surface area contributed by atoms with E-state index < -0.39 is 11.5 Å². The minimum atomic E-state index is -1.07. The smallest absolute Gasteiger partial charge is 0.329 e. The summed E-state index contributed by atoms with van der Waals surface area (Å²) in [5.41, 5.74) is -1.07. The lowest BCUT2D eigenvalue weighted by atomic mass is 9.80. The second kappa shape index (κ2) is 8.40. The van der Waals surface area contributed by atoms with Gasteiger partial charge < -0.3 is 15.7 Å². The second-order valence-electron chi connectivity index (χ2n) is 8.48. The van der Waals surface area contributed by atoms with Gasteiger partial charge in [-0.25, -0.2) is 4.79 Å². The van der Waals surface area contributed by atoms with Gasteiger partial charge >= 0.3 is 5.97 Å². The number of hydrogen-bond acceptors (Lipinski definition) is 3. The fourth-order valence-corrected chi connectivity index (χ4v) is 4.89. The Balaban J connectivity index is 1.47. The molecule has 0 bridgehead atoms. The van der Waals surface area contributed by atoms with Crippen LogP contribution in [0.25, 0.3) is 0 Å². The molecule has 0 spiro atoms. The lowest BCUT2D eigenvalue weighted by molar-refractivity contribution is -0.150. The molecule has 3 aliphatic carbocycles. The molecule has 0 unspecified atom stereocenters. The van der Waals surface area contributed by atoms with Crippen LogP contribution in [0.2, 0.25) is 0 Å². The van der Waals surface area contributed by atoms with Crippen LogP contribution in [-0.4, -0.2) is 34.5 Å². The molecule has 0 aromatic rings. The zero-order valence-electron chi connectivity index (χ0n) is 15.6. The third-order valence-corrected chi connectivity index (χ3v) is 6.65. The van der Waals surface area contributed by atoms with E-state index in [-0.39, 0.29) is 29.7 Å². The summed E-state index contributed by atoms with van der Waals surface area (Å²) in [6.45, 7) is 0. The largest absolute Gasteiger partial charge is 0.480 e. The highest BCUT2D eigenvalue weighted by Gasteiger charge is 2.42. The number of carboxylic acid groups (broad SMARTS) is 1. The number of carbonyl (C=O) groups is 3. The maximum absolute atomic E-state index is 12.7. The van der Waals surface area contributed by atoms with Crippen LogP contribution in [-0.2, 0) is 14.4 Å². The highest BCUT2D eigenvalue weighted by atomic mass is 16.4. The van der Waals surface area contributed by atoms with Gasteiger partial charge in [0, 0.05) is 17.9 Å². The van der Waals surface area contributed by atoms with Gasteiger partial charge in [-0.1, -0.05) is 32.1 Å². The standard InChI is InChI=1S/C20H32N2O4/c23-17(14-6-2-3-7-14)21-16-10-8-15(9-11-16)18(24)22-20(19(25)26)12-4-1-5-13-20/h14-16H,1-13H2,(H,21,23)(H,22,24)(H,25,26). The molecule has 0 radical (unpaired) electrons. The van der Waals surface area contributed by atoms with E-state index in [1.165, 1.54) is 0 Å². The van der Waals surface area contributed by atoms with Crippen molar-refractivity contribution < 1.29 is 19.5 Å². The zero-order chi connectivity index (χ0) is 18.6. The predicted molar refractivity (Wildman–Crippen MR) is 97.4 cm³/mol. The molecule has 6 nitrogen and oxygen atoms in total. The van der Waals surface area contributed by atoms with Gasteiger partial charge in [0.1, 0.15) is 5.54 Å². The highest BCUT2D eigenvalue weighted by Crippen LogP contribution is 2.31. The molecule has 0 aliphatic heterocycles. The Bertz CT molecular complexity index is 528. The first-order chi connectivity index (χ1) is 12.5. The van der Waals surface area contributed by atoms with Crippen molar-refractivity contribution in [3.63, 3.8) is 0 Å². The molecule has 0 aromatic carbocycles. The highest BCUT2D eigenvalue weighted by molar-refractivity contribution is 5.88. The molecule has 146 valence electrons. The third kappa shape index (κ3) is 4.38. The molecule has 3 fully saturated rings. The molecule has 0 aromatic heterocycles. The Hall–Kier alpha value is -1.59. The normalized spacial score (nSPS) is 29.1. The molecule has 0 atom stereocenters. The van der Waals surface area contributed by atoms with Crippen LogP contribution in [0.15, 0.2) is 0 Å². The van der Waals surface area contributed by atoms with Crippen molar-refractivity contribution in [1.82, 2.24) is 10.6 Å². The van der Waals surface area contributed by atoms with Crippen molar-refractivity contribution in [1.29, 1.82) is 0 Å². The van der Waals surface area contributed by atoms with Gasteiger partial charge in [-0.05, 0) is 51.4 Å². The monoisotopic (exact) mass is 364 g/mol. The first-order valence-electron chi connectivity index (χ1n) is 10.4. The lowest BCUT2D eigenvalue weighted by Gasteiger charge is -2.36. The van der Waals surface area contributed by atoms with Crippen LogP contribution in [0.3, 0.4) is 0 Å². The Kier molecular flexibility index (Phi) is 6.20. The Labute approximate surface area is 155 Å². The molecule has 3 rings (SSSR count). The van der Waals surface area contributed by atoms with Crippen molar-refractivity contribution in [2.75, 3.05) is 0 Å². The van der Waals surface area contributed by atoms with E-state index in [1.807, 2.05) is 0 Å². The summed E-state index contributed by atoms with van der Waals surface area (Å²) in [5, 5.41) is 15.7.